The largest absolute Gasteiger partial charge is 0.474 e. The molecule has 0 aliphatic carbocycles. The number of hydrogen-bond acceptors (Lipinski definition) is 3. The van der Waals surface area contributed by atoms with Gasteiger partial charge in [-0.25, -0.2) is 4.79 Å². The summed E-state index contributed by atoms with van der Waals surface area (Å²) >= 11 is 0. The smallest absolute Gasteiger partial charge is 0.394 e. The molecule has 1 unspecified atom stereocenters. The Labute approximate surface area is 70.7 Å². The fourth-order valence-corrected chi connectivity index (χ4v) is 0.710. The van der Waals surface area contributed by atoms with Gasteiger partial charge in [0, 0.05) is 7.11 Å². The number of nitrogens with one attached hydrogen (secondary N) is 1. The van der Waals surface area contributed by atoms with E-state index in [1.54, 1.807) is 0 Å². The van der Waals surface area contributed by atoms with Crippen molar-refractivity contribution in [3.8, 4) is 0 Å². The van der Waals surface area contributed by atoms with Crippen LogP contribution in [0, 0.1) is 0 Å². The normalized spacial score (nSPS) is 12.2. The van der Waals surface area contributed by atoms with Gasteiger partial charge in [-0.05, 0) is 6.42 Å². The molecule has 0 heterocycles. The van der Waals surface area contributed by atoms with Gasteiger partial charge >= 0.3 is 11.9 Å². The minimum atomic E-state index is -1.47. The first-order chi connectivity index (χ1) is 5.61. The zero-order chi connectivity index (χ0) is 9.56. The summed E-state index contributed by atoms with van der Waals surface area (Å²) < 4.78 is 4.77. The molecule has 0 aromatic carbocycles. The summed E-state index contributed by atoms with van der Waals surface area (Å²) in [5, 5.41) is 10.5. The number of carbonyl (C=O) groups is 2. The van der Waals surface area contributed by atoms with Crippen LogP contribution < -0.4 is 5.32 Å². The van der Waals surface area contributed by atoms with Crippen LogP contribution in [0.1, 0.15) is 13.3 Å². The highest BCUT2D eigenvalue weighted by atomic mass is 16.5. The number of carboxylic acid groups (broad SMARTS) is 1. The molecule has 0 aliphatic heterocycles. The van der Waals surface area contributed by atoms with Crippen molar-refractivity contribution in [2.24, 2.45) is 0 Å². The Balaban J connectivity index is 3.85. The lowest BCUT2D eigenvalue weighted by molar-refractivity contribution is -0.150. The molecule has 0 bridgehead atoms. The number of aliphatic carboxylic acids is 1. The first-order valence-electron chi connectivity index (χ1n) is 3.64. The molecule has 0 saturated heterocycles. The van der Waals surface area contributed by atoms with Crippen molar-refractivity contribution in [1.29, 1.82) is 0 Å². The third-order valence-corrected chi connectivity index (χ3v) is 1.39. The number of methoxy groups -OCH3 is 1. The van der Waals surface area contributed by atoms with Gasteiger partial charge in [-0.3, -0.25) is 4.79 Å². The van der Waals surface area contributed by atoms with Crippen molar-refractivity contribution < 1.29 is 19.4 Å². The number of carboxylic acids is 1. The minimum Gasteiger partial charge on any atom is -0.474 e. The minimum absolute atomic E-state index is 0.224. The van der Waals surface area contributed by atoms with Crippen LogP contribution in [0.25, 0.3) is 0 Å². The van der Waals surface area contributed by atoms with Crippen molar-refractivity contribution in [2.75, 3.05) is 13.7 Å². The van der Waals surface area contributed by atoms with Crippen molar-refractivity contribution in [2.45, 2.75) is 19.4 Å². The summed E-state index contributed by atoms with van der Waals surface area (Å²) in [6, 6.07) is -0.224. The number of rotatable bonds is 4. The fraction of sp³-hybridized carbons (Fsp3) is 0.714. The molecule has 1 atom stereocenters. The van der Waals surface area contributed by atoms with Gasteiger partial charge in [-0.2, -0.15) is 0 Å². The third kappa shape index (κ3) is 3.92. The lowest BCUT2D eigenvalue weighted by Gasteiger charge is -2.13. The number of hydrogen-bond donors (Lipinski definition) is 2. The van der Waals surface area contributed by atoms with Crippen molar-refractivity contribution in [3.05, 3.63) is 0 Å². The fourth-order valence-electron chi connectivity index (χ4n) is 0.710. The van der Waals surface area contributed by atoms with E-state index in [1.807, 2.05) is 6.92 Å². The van der Waals surface area contributed by atoms with E-state index >= 15 is 0 Å². The van der Waals surface area contributed by atoms with Crippen LogP contribution in [-0.2, 0) is 14.3 Å². The van der Waals surface area contributed by atoms with Gasteiger partial charge in [-0.15, -0.1) is 0 Å². The highest BCUT2D eigenvalue weighted by Gasteiger charge is 2.15. The van der Waals surface area contributed by atoms with Crippen LogP contribution in [0.2, 0.25) is 0 Å². The molecule has 0 aromatic rings. The summed E-state index contributed by atoms with van der Waals surface area (Å²) in [4.78, 5) is 20.7. The molecular weight excluding hydrogens is 162 g/mol. The molecule has 5 heteroatoms. The highest BCUT2D eigenvalue weighted by Crippen LogP contribution is 1.90. The van der Waals surface area contributed by atoms with Crippen molar-refractivity contribution >= 4 is 11.9 Å². The van der Waals surface area contributed by atoms with E-state index in [0.717, 1.165) is 0 Å². The average molecular weight is 175 g/mol. The Kier molecular flexibility index (Phi) is 5.03. The molecule has 0 aromatic heterocycles. The van der Waals surface area contributed by atoms with Crippen LogP contribution >= 0.6 is 0 Å². The molecule has 0 rings (SSSR count). The topological polar surface area (TPSA) is 75.6 Å². The quantitative estimate of drug-likeness (QED) is 0.571. The first-order valence-corrected chi connectivity index (χ1v) is 3.64. The molecule has 70 valence electrons. The van der Waals surface area contributed by atoms with Gasteiger partial charge in [-0.1, -0.05) is 6.92 Å². The van der Waals surface area contributed by atoms with Crippen LogP contribution in [0.3, 0.4) is 0 Å². The van der Waals surface area contributed by atoms with E-state index in [-0.39, 0.29) is 6.04 Å². The number of carbonyl (C=O) groups excluding carboxylic acids is 1. The first kappa shape index (κ1) is 10.9. The Morgan fingerprint density at radius 1 is 1.58 bits per heavy atom. The lowest BCUT2D eigenvalue weighted by atomic mass is 10.2. The van der Waals surface area contributed by atoms with Crippen LogP contribution in [0.5, 0.6) is 0 Å². The maximum Gasteiger partial charge on any atom is 0.394 e. The van der Waals surface area contributed by atoms with Gasteiger partial charge in [0.2, 0.25) is 0 Å². The monoisotopic (exact) mass is 175 g/mol. The van der Waals surface area contributed by atoms with E-state index in [0.29, 0.717) is 13.0 Å². The molecule has 12 heavy (non-hydrogen) atoms. The number of amides is 1. The van der Waals surface area contributed by atoms with E-state index in [2.05, 4.69) is 5.32 Å². The second kappa shape index (κ2) is 5.54. The molecule has 0 radical (unpaired) electrons. The molecule has 0 fully saturated rings. The molecule has 2 N–H and O–H groups in total. The maximum absolute atomic E-state index is 10.6. The second-order valence-electron chi connectivity index (χ2n) is 2.34. The predicted octanol–water partition coefficient (Wildman–Crippen LogP) is -0.388. The van der Waals surface area contributed by atoms with Crippen LogP contribution in [-0.4, -0.2) is 36.7 Å². The summed E-state index contributed by atoms with van der Waals surface area (Å²) in [5.41, 5.74) is 0. The zero-order valence-electron chi connectivity index (χ0n) is 7.16. The van der Waals surface area contributed by atoms with Crippen LogP contribution in [0.15, 0.2) is 0 Å². The predicted molar refractivity (Wildman–Crippen MR) is 41.7 cm³/mol. The third-order valence-electron chi connectivity index (χ3n) is 1.39. The standard InChI is InChI=1S/C7H13NO4/c1-3-5(4-12-2)8-6(9)7(10)11/h5H,3-4H2,1-2H3,(H,8,9)(H,10,11). The highest BCUT2D eigenvalue weighted by molar-refractivity contribution is 6.31. The Bertz CT molecular complexity index is 169. The van der Waals surface area contributed by atoms with E-state index < -0.39 is 11.9 Å². The Hall–Kier alpha value is -1.10. The SMILES string of the molecule is CCC(COC)NC(=O)C(=O)O. The number of ether oxygens (including phenoxy) is 1. The molecule has 5 nitrogen and oxygen atoms in total. The van der Waals surface area contributed by atoms with Gasteiger partial charge < -0.3 is 15.2 Å². The van der Waals surface area contributed by atoms with Crippen LogP contribution in [0.4, 0.5) is 0 Å². The van der Waals surface area contributed by atoms with Crippen molar-refractivity contribution in [3.63, 3.8) is 0 Å². The zero-order valence-corrected chi connectivity index (χ0v) is 7.16. The molecular formula is C7H13NO4. The Morgan fingerprint density at radius 2 is 2.17 bits per heavy atom. The van der Waals surface area contributed by atoms with Gasteiger partial charge in [0.1, 0.15) is 0 Å². The molecule has 0 saturated carbocycles. The molecule has 0 spiro atoms. The Morgan fingerprint density at radius 3 is 2.50 bits per heavy atom. The second-order valence-corrected chi connectivity index (χ2v) is 2.34. The summed E-state index contributed by atoms with van der Waals surface area (Å²) in [5.74, 6) is -2.46. The average Bonchev–Trinajstić information content (AvgIpc) is 2.03. The van der Waals surface area contributed by atoms with E-state index in [1.165, 1.54) is 7.11 Å². The van der Waals surface area contributed by atoms with Gasteiger partial charge in [0.15, 0.2) is 0 Å². The van der Waals surface area contributed by atoms with Gasteiger partial charge in [0.25, 0.3) is 0 Å². The lowest BCUT2D eigenvalue weighted by Crippen LogP contribution is -2.41. The maximum atomic E-state index is 10.6. The van der Waals surface area contributed by atoms with E-state index in [9.17, 15) is 9.59 Å². The summed E-state index contributed by atoms with van der Waals surface area (Å²) in [7, 11) is 1.50. The van der Waals surface area contributed by atoms with Crippen molar-refractivity contribution in [1.82, 2.24) is 5.32 Å². The summed E-state index contributed by atoms with van der Waals surface area (Å²) in [6.07, 6.45) is 0.646. The molecule has 1 amide bonds. The summed E-state index contributed by atoms with van der Waals surface area (Å²) in [6.45, 7) is 2.17. The molecule has 0 aliphatic rings. The van der Waals surface area contributed by atoms with E-state index in [4.69, 9.17) is 9.84 Å². The van der Waals surface area contributed by atoms with Gasteiger partial charge in [0.05, 0.1) is 12.6 Å².